The maximum absolute atomic E-state index is 14.2. The predicted octanol–water partition coefficient (Wildman–Crippen LogP) is 16.0. The van der Waals surface area contributed by atoms with Gasteiger partial charge in [-0.15, -0.1) is 0 Å². The summed E-state index contributed by atoms with van der Waals surface area (Å²) in [6.45, 7) is 0. The molecule has 0 bridgehead atoms. The van der Waals surface area contributed by atoms with E-state index in [4.69, 9.17) is 0 Å². The Balaban J connectivity index is 0.000000387. The van der Waals surface area contributed by atoms with Crippen molar-refractivity contribution in [2.75, 3.05) is 0 Å². The second-order valence-electron chi connectivity index (χ2n) is 17.2. The summed E-state index contributed by atoms with van der Waals surface area (Å²) in [4.78, 5) is 1.78. The van der Waals surface area contributed by atoms with Gasteiger partial charge in [0.1, 0.15) is 11.9 Å². The van der Waals surface area contributed by atoms with E-state index in [0.29, 0.717) is 5.75 Å². The minimum atomic E-state index is -6.13. The molecule has 0 spiro atoms. The normalized spacial score (nSPS) is 13.5. The fourth-order valence-corrected chi connectivity index (χ4v) is 10.9. The lowest BCUT2D eigenvalue weighted by molar-refractivity contribution is -0.144. The second kappa shape index (κ2) is 21.0. The van der Waals surface area contributed by atoms with Gasteiger partial charge in [-0.05, 0) is 48.5 Å². The summed E-state index contributed by atoms with van der Waals surface area (Å²) in [7, 11) is -2.30. The number of hydrogen-bond acceptors (Lipinski definition) is 1. The molecule has 0 unspecified atom stereocenters. The van der Waals surface area contributed by atoms with Crippen molar-refractivity contribution in [3.8, 4) is 0 Å². The van der Waals surface area contributed by atoms with Gasteiger partial charge in [0, 0.05) is 5.56 Å². The van der Waals surface area contributed by atoms with Gasteiger partial charge in [-0.2, -0.15) is 127 Å². The Kier molecular flexibility index (Phi) is 16.3. The van der Waals surface area contributed by atoms with Crippen LogP contribution >= 0.6 is 0 Å². The fraction of sp³-hybridized carbons (Fsp3) is 0.176. The average molecular weight is 1160 g/mol. The third kappa shape index (κ3) is 13.5. The summed E-state index contributed by atoms with van der Waals surface area (Å²) in [5.74, 6) is 0.530. The lowest BCUT2D eigenvalue weighted by atomic mass is 9.12. The van der Waals surface area contributed by atoms with Crippen LogP contribution in [0.15, 0.2) is 174 Å². The highest BCUT2D eigenvalue weighted by molar-refractivity contribution is 8.02. The van der Waals surface area contributed by atoms with E-state index in [1.54, 1.807) is 0 Å². The fourth-order valence-electron chi connectivity index (χ4n) is 8.46. The van der Waals surface area contributed by atoms with Crippen LogP contribution < -0.4 is 21.9 Å². The van der Waals surface area contributed by atoms with Crippen LogP contribution in [-0.2, 0) is 69.3 Å². The molecule has 0 aromatic heterocycles. The molecule has 0 saturated heterocycles. The highest BCUT2D eigenvalue weighted by Gasteiger charge is 2.47. The molecule has 0 heterocycles. The van der Waals surface area contributed by atoms with Crippen LogP contribution in [0.4, 0.5) is 105 Å². The molecular weight excluding hydrogens is 1130 g/mol. The Morgan fingerprint density at radius 1 is 0.269 bits per heavy atom. The quantitative estimate of drug-likeness (QED) is 0.0842. The first-order valence-corrected chi connectivity index (χ1v) is 23.3. The first-order chi connectivity index (χ1) is 35.6. The zero-order valence-electron chi connectivity index (χ0n) is 38.3. The minimum Gasteiger partial charge on any atom is -0.194 e. The summed E-state index contributed by atoms with van der Waals surface area (Å²) in [6.07, 6.45) is -54.8. The molecule has 7 rings (SSSR count). The van der Waals surface area contributed by atoms with E-state index < -0.39 is 205 Å². The standard InChI is InChI=1S/C32H12BF24.C19H17OS/c34-25(35,36)13-1-14(26(37,38)39)6-21(5-13)33(22-7-15(27(40,41)42)2-16(8-22)28(43,44)45,23-9-17(29(46,47)48)3-18(10-23)30(49,50)51)24-11-19(31(52,53)54)4-20(12-24)32(55,56)57;20-21(18-12-6-2-7-13-18,19-14-8-3-9-15-19)16-17-10-4-1-5-11-17/h1-12H;1-15H,16H2/q-1;+1. The van der Waals surface area contributed by atoms with Crippen LogP contribution in [0.3, 0.4) is 0 Å². The lowest BCUT2D eigenvalue weighted by Gasteiger charge is -2.46. The van der Waals surface area contributed by atoms with Gasteiger partial charge in [0.25, 0.3) is 0 Å². The van der Waals surface area contributed by atoms with Gasteiger partial charge >= 0.3 is 49.4 Å². The summed E-state index contributed by atoms with van der Waals surface area (Å²) >= 11 is 0. The van der Waals surface area contributed by atoms with Crippen molar-refractivity contribution in [3.63, 3.8) is 0 Å². The van der Waals surface area contributed by atoms with E-state index in [-0.39, 0.29) is 0 Å². The van der Waals surface area contributed by atoms with Gasteiger partial charge in [-0.1, -0.05) is 119 Å². The van der Waals surface area contributed by atoms with E-state index in [2.05, 4.69) is 0 Å². The number of rotatable bonds is 8. The van der Waals surface area contributed by atoms with Crippen molar-refractivity contribution >= 4 is 37.9 Å². The van der Waals surface area contributed by atoms with Crippen molar-refractivity contribution in [2.45, 2.75) is 65.0 Å². The lowest BCUT2D eigenvalue weighted by Crippen LogP contribution is -2.75. The van der Waals surface area contributed by atoms with Gasteiger partial charge < -0.3 is 0 Å². The smallest absolute Gasteiger partial charge is 0.194 e. The molecule has 0 aliphatic heterocycles. The molecule has 78 heavy (non-hydrogen) atoms. The molecular formula is C51H29BF24OS. The zero-order chi connectivity index (χ0) is 58.5. The number of benzene rings is 7. The van der Waals surface area contributed by atoms with E-state index in [9.17, 15) is 110 Å². The van der Waals surface area contributed by atoms with Crippen LogP contribution in [0.25, 0.3) is 0 Å². The molecule has 0 aliphatic carbocycles. The molecule has 0 saturated carbocycles. The van der Waals surface area contributed by atoms with Gasteiger partial charge in [0.15, 0.2) is 19.7 Å². The van der Waals surface area contributed by atoms with Crippen molar-refractivity contribution in [3.05, 3.63) is 214 Å². The maximum Gasteiger partial charge on any atom is 0.416 e. The van der Waals surface area contributed by atoms with Crippen LogP contribution in [0, 0.1) is 0 Å². The first kappa shape index (κ1) is 60.3. The Morgan fingerprint density at radius 3 is 0.628 bits per heavy atom. The molecule has 7 aromatic rings. The second-order valence-corrected chi connectivity index (χ2v) is 19.7. The van der Waals surface area contributed by atoms with Gasteiger partial charge in [-0.3, -0.25) is 0 Å². The van der Waals surface area contributed by atoms with Gasteiger partial charge in [0.2, 0.25) is 0 Å². The maximum atomic E-state index is 14.2. The van der Waals surface area contributed by atoms with E-state index in [1.807, 2.05) is 91.0 Å². The van der Waals surface area contributed by atoms with Crippen LogP contribution in [0.5, 0.6) is 0 Å². The molecule has 0 fully saturated rings. The van der Waals surface area contributed by atoms with E-state index >= 15 is 0 Å². The summed E-state index contributed by atoms with van der Waals surface area (Å²) in [5, 5.41) is 0. The molecule has 7 aromatic carbocycles. The number of halogens is 24. The van der Waals surface area contributed by atoms with E-state index in [0.717, 1.165) is 15.4 Å². The molecule has 27 heteroatoms. The Labute approximate surface area is 425 Å². The van der Waals surface area contributed by atoms with Gasteiger partial charge in [-0.25, -0.2) is 0 Å². The highest BCUT2D eigenvalue weighted by atomic mass is 32.2. The zero-order valence-corrected chi connectivity index (χ0v) is 39.1. The number of alkyl halides is 24. The summed E-state index contributed by atoms with van der Waals surface area (Å²) in [5.41, 5.74) is -29.1. The third-order valence-electron chi connectivity index (χ3n) is 11.9. The monoisotopic (exact) mass is 1160 g/mol. The Hall–Kier alpha value is -6.93. The van der Waals surface area contributed by atoms with Crippen molar-refractivity contribution < 1.29 is 110 Å². The third-order valence-corrected chi connectivity index (χ3v) is 14.7. The highest BCUT2D eigenvalue weighted by Crippen LogP contribution is 2.42. The molecule has 0 amide bonds. The minimum absolute atomic E-state index is 0.530. The molecule has 0 atom stereocenters. The summed E-state index contributed by atoms with van der Waals surface area (Å²) in [6, 6.07) is 20.7. The van der Waals surface area contributed by atoms with Crippen molar-refractivity contribution in [1.82, 2.24) is 0 Å². The van der Waals surface area contributed by atoms with Crippen LogP contribution in [0.1, 0.15) is 50.1 Å². The molecule has 0 radical (unpaired) electrons. The summed E-state index contributed by atoms with van der Waals surface area (Å²) < 4.78 is 355. The number of hydrogen-bond donors (Lipinski definition) is 0. The topological polar surface area (TPSA) is 17.1 Å². The molecule has 0 N–H and O–H groups in total. The van der Waals surface area contributed by atoms with E-state index in [1.165, 1.54) is 0 Å². The Bertz CT molecular complexity index is 2800. The SMILES string of the molecule is FC(F)(F)c1cc([B-](c2cc(C(F)(F)F)cc(C(F)(F)F)c2)(c2cc(C(F)(F)F)cc(C(F)(F)F)c2)c2cc(C(F)(F)F)cc(C(F)(F)F)c2)cc(C(F)(F)F)c1.O=[S+](Cc1ccccc1)(c1ccccc1)c1ccccc1. The van der Waals surface area contributed by atoms with Gasteiger partial charge in [0.05, 0.1) is 44.5 Å². The Morgan fingerprint density at radius 2 is 0.449 bits per heavy atom. The van der Waals surface area contributed by atoms with Crippen LogP contribution in [-0.4, -0.2) is 6.15 Å². The largest absolute Gasteiger partial charge is 0.416 e. The first-order valence-electron chi connectivity index (χ1n) is 21.6. The molecule has 416 valence electrons. The molecule has 1 nitrogen and oxygen atoms in total. The van der Waals surface area contributed by atoms with Crippen molar-refractivity contribution in [1.29, 1.82) is 0 Å². The molecule has 0 aliphatic rings. The van der Waals surface area contributed by atoms with Crippen LogP contribution in [0.2, 0.25) is 0 Å². The average Bonchev–Trinajstić information content (AvgIpc) is 3.51. The predicted molar refractivity (Wildman–Crippen MR) is 238 cm³/mol. The van der Waals surface area contributed by atoms with Crippen molar-refractivity contribution in [2.24, 2.45) is 0 Å².